The lowest BCUT2D eigenvalue weighted by Crippen LogP contribution is -2.41. The number of hydrogen-bond acceptors (Lipinski definition) is 3. The van der Waals surface area contributed by atoms with E-state index in [0.717, 1.165) is 37.1 Å². The molecule has 1 aromatic carbocycles. The van der Waals surface area contributed by atoms with Gasteiger partial charge in [-0.15, -0.1) is 0 Å². The van der Waals surface area contributed by atoms with Gasteiger partial charge in [-0.2, -0.15) is 0 Å². The zero-order valence-corrected chi connectivity index (χ0v) is 14.2. The number of benzene rings is 1. The van der Waals surface area contributed by atoms with E-state index in [-0.39, 0.29) is 17.3 Å². The first-order chi connectivity index (χ1) is 10.8. The Bertz CT molecular complexity index is 534. The van der Waals surface area contributed by atoms with Crippen molar-refractivity contribution in [2.24, 2.45) is 0 Å². The average Bonchev–Trinajstić information content (AvgIpc) is 2.48. The Morgan fingerprint density at radius 2 is 2.04 bits per heavy atom. The average molecular weight is 322 g/mol. The van der Waals surface area contributed by atoms with E-state index in [0.29, 0.717) is 13.0 Å². The molecule has 1 aromatic rings. The van der Waals surface area contributed by atoms with Gasteiger partial charge in [0.1, 0.15) is 5.82 Å². The molecule has 2 rings (SSSR count). The Labute approximate surface area is 137 Å². The predicted molar refractivity (Wildman–Crippen MR) is 89.2 cm³/mol. The van der Waals surface area contributed by atoms with Crippen molar-refractivity contribution in [2.45, 2.75) is 51.5 Å². The number of rotatable bonds is 4. The van der Waals surface area contributed by atoms with Gasteiger partial charge in [0, 0.05) is 12.0 Å². The van der Waals surface area contributed by atoms with E-state index in [1.165, 1.54) is 6.07 Å². The van der Waals surface area contributed by atoms with E-state index in [2.05, 4.69) is 10.6 Å². The highest BCUT2D eigenvalue weighted by atomic mass is 19.1. The molecule has 2 N–H and O–H groups in total. The summed E-state index contributed by atoms with van der Waals surface area (Å²) in [6, 6.07) is 5.23. The fraction of sp³-hybridized carbons (Fsp3) is 0.611. The van der Waals surface area contributed by atoms with Crippen LogP contribution in [0, 0.1) is 5.82 Å². The van der Waals surface area contributed by atoms with Gasteiger partial charge in [0.2, 0.25) is 0 Å². The number of carbonyl (C=O) groups is 1. The van der Waals surface area contributed by atoms with Crippen molar-refractivity contribution in [1.82, 2.24) is 10.6 Å². The highest BCUT2D eigenvalue weighted by molar-refractivity contribution is 5.68. The van der Waals surface area contributed by atoms with Gasteiger partial charge in [-0.25, -0.2) is 9.18 Å². The lowest BCUT2D eigenvalue weighted by atomic mass is 9.88. The second-order valence-electron chi connectivity index (χ2n) is 7.14. The third-order valence-corrected chi connectivity index (χ3v) is 3.94. The van der Waals surface area contributed by atoms with Gasteiger partial charge in [-0.1, -0.05) is 12.1 Å². The van der Waals surface area contributed by atoms with Crippen LogP contribution in [0.15, 0.2) is 18.2 Å². The second kappa shape index (κ2) is 7.77. The number of hydrogen-bond donors (Lipinski definition) is 2. The molecule has 4 nitrogen and oxygen atoms in total. The molecule has 0 atom stereocenters. The third-order valence-electron chi connectivity index (χ3n) is 3.94. The van der Waals surface area contributed by atoms with Crippen molar-refractivity contribution in [1.29, 1.82) is 0 Å². The largest absolute Gasteiger partial charge is 0.449 e. The molecule has 0 saturated carbocycles. The number of ether oxygens (including phenoxy) is 1. The molecule has 1 aliphatic heterocycles. The first-order valence-electron chi connectivity index (χ1n) is 8.29. The summed E-state index contributed by atoms with van der Waals surface area (Å²) in [6.07, 6.45) is 2.10. The van der Waals surface area contributed by atoms with Gasteiger partial charge in [-0.05, 0) is 69.8 Å². The zero-order valence-electron chi connectivity index (χ0n) is 14.2. The normalized spacial score (nSPS) is 16.2. The van der Waals surface area contributed by atoms with Gasteiger partial charge in [-0.3, -0.25) is 0 Å². The monoisotopic (exact) mass is 322 g/mol. The van der Waals surface area contributed by atoms with E-state index < -0.39 is 6.09 Å². The van der Waals surface area contributed by atoms with Gasteiger partial charge in [0.05, 0.1) is 6.61 Å². The van der Waals surface area contributed by atoms with Crippen molar-refractivity contribution in [3.05, 3.63) is 35.1 Å². The van der Waals surface area contributed by atoms with Gasteiger partial charge >= 0.3 is 6.09 Å². The molecule has 5 heteroatoms. The maximum Gasteiger partial charge on any atom is 0.407 e. The minimum Gasteiger partial charge on any atom is -0.449 e. The fourth-order valence-electron chi connectivity index (χ4n) is 2.80. The van der Waals surface area contributed by atoms with Crippen molar-refractivity contribution >= 4 is 6.09 Å². The molecule has 1 heterocycles. The highest BCUT2D eigenvalue weighted by Gasteiger charge is 2.19. The van der Waals surface area contributed by atoms with Crippen molar-refractivity contribution in [3.63, 3.8) is 0 Å². The lowest BCUT2D eigenvalue weighted by Gasteiger charge is -2.24. The summed E-state index contributed by atoms with van der Waals surface area (Å²) in [5, 5.41) is 6.05. The molecule has 1 saturated heterocycles. The van der Waals surface area contributed by atoms with E-state index >= 15 is 0 Å². The van der Waals surface area contributed by atoms with Crippen LogP contribution in [0.3, 0.4) is 0 Å². The molecular formula is C18H27FN2O2. The van der Waals surface area contributed by atoms with Crippen LogP contribution in [0.1, 0.15) is 50.7 Å². The summed E-state index contributed by atoms with van der Waals surface area (Å²) in [5.74, 6) is 0.147. The molecule has 0 radical (unpaired) electrons. The summed E-state index contributed by atoms with van der Waals surface area (Å²) < 4.78 is 19.3. The van der Waals surface area contributed by atoms with Gasteiger partial charge in [0.15, 0.2) is 0 Å². The molecule has 0 aromatic heterocycles. The van der Waals surface area contributed by atoms with E-state index in [9.17, 15) is 9.18 Å². The molecule has 1 amide bonds. The van der Waals surface area contributed by atoms with Gasteiger partial charge in [0.25, 0.3) is 0 Å². The summed E-state index contributed by atoms with van der Waals surface area (Å²) in [5.41, 5.74) is 1.49. The van der Waals surface area contributed by atoms with Gasteiger partial charge < -0.3 is 15.4 Å². The van der Waals surface area contributed by atoms with Crippen LogP contribution >= 0.6 is 0 Å². The summed E-state index contributed by atoms with van der Waals surface area (Å²) in [4.78, 5) is 11.6. The van der Waals surface area contributed by atoms with Crippen LogP contribution in [0.2, 0.25) is 0 Å². The second-order valence-corrected chi connectivity index (χ2v) is 7.14. The molecule has 0 unspecified atom stereocenters. The molecule has 128 valence electrons. The van der Waals surface area contributed by atoms with Crippen LogP contribution in [0.4, 0.5) is 9.18 Å². The maximum atomic E-state index is 14.1. The van der Waals surface area contributed by atoms with Crippen molar-refractivity contribution < 1.29 is 13.9 Å². The Hall–Kier alpha value is -1.62. The molecule has 1 aliphatic rings. The molecule has 1 fully saturated rings. The Balaban J connectivity index is 1.89. The lowest BCUT2D eigenvalue weighted by molar-refractivity contribution is 0.139. The van der Waals surface area contributed by atoms with Crippen LogP contribution in [0.5, 0.6) is 0 Å². The molecule has 0 spiro atoms. The third kappa shape index (κ3) is 5.82. The van der Waals surface area contributed by atoms with E-state index in [1.54, 1.807) is 6.07 Å². The van der Waals surface area contributed by atoms with Crippen LogP contribution in [-0.4, -0.2) is 31.3 Å². The number of carbonyl (C=O) groups excluding carboxylic acids is 1. The van der Waals surface area contributed by atoms with E-state index in [4.69, 9.17) is 4.74 Å². The number of amides is 1. The number of piperidine rings is 1. The standard InChI is InChI=1S/C18H27FN2O2/c1-18(2,3)21-17(22)23-11-8-13-4-5-16(19)15(12-13)14-6-9-20-10-7-14/h4-5,12,14,20H,6-11H2,1-3H3,(H,21,22). The maximum absolute atomic E-state index is 14.1. The molecule has 0 aliphatic carbocycles. The molecule has 0 bridgehead atoms. The van der Waals surface area contributed by atoms with Crippen LogP contribution in [-0.2, 0) is 11.2 Å². The summed E-state index contributed by atoms with van der Waals surface area (Å²) in [7, 11) is 0. The molecule has 23 heavy (non-hydrogen) atoms. The fourth-order valence-corrected chi connectivity index (χ4v) is 2.80. The Morgan fingerprint density at radius 3 is 2.70 bits per heavy atom. The predicted octanol–water partition coefficient (Wildman–Crippen LogP) is 3.36. The number of halogens is 1. The van der Waals surface area contributed by atoms with E-state index in [1.807, 2.05) is 26.8 Å². The van der Waals surface area contributed by atoms with Crippen LogP contribution in [0.25, 0.3) is 0 Å². The molecular weight excluding hydrogens is 295 g/mol. The topological polar surface area (TPSA) is 50.4 Å². The number of alkyl carbamates (subject to hydrolysis) is 1. The summed E-state index contributed by atoms with van der Waals surface area (Å²) >= 11 is 0. The Kier molecular flexibility index (Phi) is 5.99. The number of nitrogens with one attached hydrogen (secondary N) is 2. The first-order valence-corrected chi connectivity index (χ1v) is 8.29. The quantitative estimate of drug-likeness (QED) is 0.894. The smallest absolute Gasteiger partial charge is 0.407 e. The minimum atomic E-state index is -0.418. The van der Waals surface area contributed by atoms with Crippen LogP contribution < -0.4 is 10.6 Å². The zero-order chi connectivity index (χ0) is 16.9. The van der Waals surface area contributed by atoms with Crippen molar-refractivity contribution in [2.75, 3.05) is 19.7 Å². The SMILES string of the molecule is CC(C)(C)NC(=O)OCCc1ccc(F)c(C2CCNCC2)c1. The Morgan fingerprint density at radius 1 is 1.35 bits per heavy atom. The first kappa shape index (κ1) is 17.7. The van der Waals surface area contributed by atoms with Crippen molar-refractivity contribution in [3.8, 4) is 0 Å². The minimum absolute atomic E-state index is 0.132. The highest BCUT2D eigenvalue weighted by Crippen LogP contribution is 2.28. The summed E-state index contributed by atoms with van der Waals surface area (Å²) in [6.45, 7) is 7.87.